The van der Waals surface area contributed by atoms with Gasteiger partial charge in [0, 0.05) is 12.6 Å². The molecular formula is C12H19N5O3. The fraction of sp³-hybridized carbons (Fsp3) is 0.667. The van der Waals surface area contributed by atoms with Crippen LogP contribution in [0.4, 0.5) is 0 Å². The Bertz CT molecular complexity index is 487. The number of aliphatic carboxylic acids is 1. The van der Waals surface area contributed by atoms with Gasteiger partial charge in [-0.3, -0.25) is 9.59 Å². The number of hydrogen-bond donors (Lipinski definition) is 2. The van der Waals surface area contributed by atoms with Crippen LogP contribution in [0.15, 0.2) is 6.20 Å². The van der Waals surface area contributed by atoms with Gasteiger partial charge in [-0.2, -0.15) is 0 Å². The van der Waals surface area contributed by atoms with Gasteiger partial charge in [-0.1, -0.05) is 12.1 Å². The van der Waals surface area contributed by atoms with Crippen LogP contribution in [0.25, 0.3) is 0 Å². The smallest absolute Gasteiger partial charge is 0.325 e. The van der Waals surface area contributed by atoms with Crippen molar-refractivity contribution in [1.82, 2.24) is 25.2 Å². The third kappa shape index (κ3) is 3.77. The lowest BCUT2D eigenvalue weighted by atomic mass is 10.1. The van der Waals surface area contributed by atoms with E-state index in [1.54, 1.807) is 0 Å². The first-order valence-corrected chi connectivity index (χ1v) is 6.73. The lowest BCUT2D eigenvalue weighted by Gasteiger charge is -2.32. The normalized spacial score (nSPS) is 19.8. The van der Waals surface area contributed by atoms with E-state index in [1.807, 2.05) is 0 Å². The lowest BCUT2D eigenvalue weighted by molar-refractivity contribution is -0.137. The molecule has 1 saturated heterocycles. The van der Waals surface area contributed by atoms with Crippen molar-refractivity contribution in [2.75, 3.05) is 19.6 Å². The van der Waals surface area contributed by atoms with E-state index < -0.39 is 5.97 Å². The fourth-order valence-corrected chi connectivity index (χ4v) is 2.34. The summed E-state index contributed by atoms with van der Waals surface area (Å²) in [5.41, 5.74) is 0.153. The second kappa shape index (κ2) is 6.47. The van der Waals surface area contributed by atoms with Gasteiger partial charge in [0.15, 0.2) is 5.69 Å². The number of carbonyl (C=O) groups excluding carboxylic acids is 1. The molecule has 0 saturated carbocycles. The predicted octanol–water partition coefficient (Wildman–Crippen LogP) is -0.423. The molecule has 0 aliphatic carbocycles. The monoisotopic (exact) mass is 281 g/mol. The third-order valence-electron chi connectivity index (χ3n) is 3.36. The number of carbonyl (C=O) groups is 2. The molecular weight excluding hydrogens is 262 g/mol. The Hall–Kier alpha value is -1.96. The Morgan fingerprint density at radius 1 is 1.55 bits per heavy atom. The number of piperidine rings is 1. The summed E-state index contributed by atoms with van der Waals surface area (Å²) in [6.45, 7) is 4.68. The molecule has 8 heteroatoms. The average Bonchev–Trinajstić information content (AvgIpc) is 2.86. The van der Waals surface area contributed by atoms with Gasteiger partial charge in [0.25, 0.3) is 5.91 Å². The maximum atomic E-state index is 12.0. The molecule has 1 aliphatic rings. The largest absolute Gasteiger partial charge is 0.480 e. The zero-order valence-electron chi connectivity index (χ0n) is 11.4. The summed E-state index contributed by atoms with van der Waals surface area (Å²) in [5, 5.41) is 18.9. The van der Waals surface area contributed by atoms with Gasteiger partial charge in [-0.25, -0.2) is 4.68 Å². The summed E-state index contributed by atoms with van der Waals surface area (Å²) in [4.78, 5) is 24.8. The first-order chi connectivity index (χ1) is 9.58. The Morgan fingerprint density at radius 3 is 3.05 bits per heavy atom. The summed E-state index contributed by atoms with van der Waals surface area (Å²) in [5.74, 6) is -1.32. The number of amides is 1. The summed E-state index contributed by atoms with van der Waals surface area (Å²) < 4.78 is 1.14. The van der Waals surface area contributed by atoms with E-state index in [4.69, 9.17) is 5.11 Å². The van der Waals surface area contributed by atoms with Gasteiger partial charge in [0.05, 0.1) is 6.20 Å². The summed E-state index contributed by atoms with van der Waals surface area (Å²) in [7, 11) is 0. The van der Waals surface area contributed by atoms with Crippen molar-refractivity contribution in [2.24, 2.45) is 0 Å². The van der Waals surface area contributed by atoms with Crippen molar-refractivity contribution >= 4 is 11.9 Å². The Labute approximate surface area is 116 Å². The summed E-state index contributed by atoms with van der Waals surface area (Å²) >= 11 is 0. The van der Waals surface area contributed by atoms with Crippen LogP contribution in [0.2, 0.25) is 0 Å². The molecule has 1 aromatic heterocycles. The van der Waals surface area contributed by atoms with Crippen LogP contribution in [-0.2, 0) is 11.3 Å². The number of carboxylic acid groups (broad SMARTS) is 1. The van der Waals surface area contributed by atoms with E-state index in [0.717, 1.165) is 37.2 Å². The van der Waals surface area contributed by atoms with Crippen LogP contribution in [0.3, 0.4) is 0 Å². The number of likely N-dealkylation sites (tertiary alicyclic amines) is 1. The van der Waals surface area contributed by atoms with Gasteiger partial charge < -0.3 is 15.3 Å². The molecule has 1 unspecified atom stereocenters. The van der Waals surface area contributed by atoms with E-state index in [-0.39, 0.29) is 24.2 Å². The van der Waals surface area contributed by atoms with Crippen molar-refractivity contribution < 1.29 is 14.7 Å². The molecule has 20 heavy (non-hydrogen) atoms. The number of likely N-dealkylation sites (N-methyl/N-ethyl adjacent to an activating group) is 1. The maximum Gasteiger partial charge on any atom is 0.325 e. The molecule has 0 aromatic carbocycles. The summed E-state index contributed by atoms with van der Waals surface area (Å²) in [6.07, 6.45) is 3.36. The van der Waals surface area contributed by atoms with Crippen molar-refractivity contribution in [3.05, 3.63) is 11.9 Å². The number of nitrogens with one attached hydrogen (secondary N) is 1. The zero-order valence-corrected chi connectivity index (χ0v) is 11.4. The highest BCUT2D eigenvalue weighted by atomic mass is 16.4. The van der Waals surface area contributed by atoms with Crippen molar-refractivity contribution in [2.45, 2.75) is 32.4 Å². The standard InChI is InChI=1S/C12H19N5O3/c1-2-16-5-3-4-9(6-16)13-12(20)10-7-17(15-14-10)8-11(18)19/h7,9H,2-6,8H2,1H3,(H,13,20)(H,18,19). The first-order valence-electron chi connectivity index (χ1n) is 6.73. The minimum Gasteiger partial charge on any atom is -0.480 e. The molecule has 1 fully saturated rings. The van der Waals surface area contributed by atoms with E-state index in [9.17, 15) is 9.59 Å². The second-order valence-electron chi connectivity index (χ2n) is 4.90. The molecule has 0 bridgehead atoms. The molecule has 1 atom stereocenters. The molecule has 8 nitrogen and oxygen atoms in total. The number of nitrogens with zero attached hydrogens (tertiary/aromatic N) is 4. The molecule has 2 rings (SSSR count). The van der Waals surface area contributed by atoms with E-state index in [2.05, 4.69) is 27.5 Å². The van der Waals surface area contributed by atoms with Crippen LogP contribution >= 0.6 is 0 Å². The molecule has 2 heterocycles. The molecule has 1 aliphatic heterocycles. The molecule has 1 amide bonds. The Kier molecular flexibility index (Phi) is 4.67. The van der Waals surface area contributed by atoms with Gasteiger partial charge in [0.2, 0.25) is 0 Å². The highest BCUT2D eigenvalue weighted by Crippen LogP contribution is 2.10. The van der Waals surface area contributed by atoms with Crippen LogP contribution in [0.5, 0.6) is 0 Å². The van der Waals surface area contributed by atoms with E-state index in [0.29, 0.717) is 0 Å². The number of rotatable bonds is 5. The summed E-state index contributed by atoms with van der Waals surface area (Å²) in [6, 6.07) is 0.112. The SMILES string of the molecule is CCN1CCCC(NC(=O)c2cn(CC(=O)O)nn2)C1. The van der Waals surface area contributed by atoms with Crippen molar-refractivity contribution in [3.63, 3.8) is 0 Å². The molecule has 0 radical (unpaired) electrons. The van der Waals surface area contributed by atoms with Gasteiger partial charge in [0.1, 0.15) is 6.54 Å². The quantitative estimate of drug-likeness (QED) is 0.760. The van der Waals surface area contributed by atoms with Crippen molar-refractivity contribution in [3.8, 4) is 0 Å². The molecule has 1 aromatic rings. The fourth-order valence-electron chi connectivity index (χ4n) is 2.34. The van der Waals surface area contributed by atoms with E-state index in [1.165, 1.54) is 6.20 Å². The molecule has 2 N–H and O–H groups in total. The maximum absolute atomic E-state index is 12.0. The van der Waals surface area contributed by atoms with Crippen LogP contribution < -0.4 is 5.32 Å². The van der Waals surface area contributed by atoms with E-state index >= 15 is 0 Å². The van der Waals surface area contributed by atoms with Gasteiger partial charge >= 0.3 is 5.97 Å². The lowest BCUT2D eigenvalue weighted by Crippen LogP contribution is -2.47. The molecule has 110 valence electrons. The first kappa shape index (κ1) is 14.4. The highest BCUT2D eigenvalue weighted by Gasteiger charge is 2.22. The topological polar surface area (TPSA) is 100 Å². The predicted molar refractivity (Wildman–Crippen MR) is 70.3 cm³/mol. The number of hydrogen-bond acceptors (Lipinski definition) is 5. The van der Waals surface area contributed by atoms with Gasteiger partial charge in [-0.15, -0.1) is 5.10 Å². The number of carboxylic acids is 1. The average molecular weight is 281 g/mol. The minimum absolute atomic E-state index is 0.112. The van der Waals surface area contributed by atoms with Crippen molar-refractivity contribution in [1.29, 1.82) is 0 Å². The van der Waals surface area contributed by atoms with Crippen LogP contribution in [-0.4, -0.2) is 62.6 Å². The van der Waals surface area contributed by atoms with Crippen LogP contribution in [0.1, 0.15) is 30.3 Å². The third-order valence-corrected chi connectivity index (χ3v) is 3.36. The zero-order chi connectivity index (χ0) is 14.5. The van der Waals surface area contributed by atoms with Gasteiger partial charge in [-0.05, 0) is 25.9 Å². The number of aromatic nitrogens is 3. The molecule has 0 spiro atoms. The highest BCUT2D eigenvalue weighted by molar-refractivity contribution is 5.92. The minimum atomic E-state index is -1.02. The Balaban J connectivity index is 1.91. The second-order valence-corrected chi connectivity index (χ2v) is 4.90. The Morgan fingerprint density at radius 2 is 2.35 bits per heavy atom. The van der Waals surface area contributed by atoms with Crippen LogP contribution in [0, 0.1) is 0 Å².